The van der Waals surface area contributed by atoms with Crippen molar-refractivity contribution in [1.29, 1.82) is 0 Å². The Labute approximate surface area is 124 Å². The summed E-state index contributed by atoms with van der Waals surface area (Å²) in [6.45, 7) is 13.9. The molecule has 0 bridgehead atoms. The van der Waals surface area contributed by atoms with Crippen molar-refractivity contribution in [2.24, 2.45) is 17.8 Å². The molecule has 0 aromatic carbocycles. The fourth-order valence-corrected chi connectivity index (χ4v) is 2.99. The van der Waals surface area contributed by atoms with E-state index in [1.54, 1.807) is 0 Å². The van der Waals surface area contributed by atoms with Gasteiger partial charge in [-0.3, -0.25) is 10.1 Å². The number of nitrogens with zero attached hydrogens (tertiary/aromatic N) is 2. The van der Waals surface area contributed by atoms with Crippen LogP contribution in [0.25, 0.3) is 0 Å². The molecule has 0 aromatic rings. The van der Waals surface area contributed by atoms with Crippen LogP contribution in [0.15, 0.2) is 0 Å². The van der Waals surface area contributed by atoms with Crippen LogP contribution in [0.1, 0.15) is 41.5 Å². The average molecular weight is 283 g/mol. The van der Waals surface area contributed by atoms with Gasteiger partial charge in [-0.05, 0) is 31.8 Å². The molecule has 118 valence electrons. The largest absolute Gasteiger partial charge is 0.321 e. The Balaban J connectivity index is 3.04. The first-order chi connectivity index (χ1) is 9.16. The van der Waals surface area contributed by atoms with Gasteiger partial charge in [0, 0.05) is 12.6 Å². The Hall–Kier alpha value is -0.610. The average Bonchev–Trinajstić information content (AvgIpc) is 2.63. The van der Waals surface area contributed by atoms with E-state index in [0.29, 0.717) is 17.8 Å². The third kappa shape index (κ3) is 3.73. The zero-order chi connectivity index (χ0) is 15.6. The van der Waals surface area contributed by atoms with Crippen LogP contribution < -0.4 is 5.32 Å². The van der Waals surface area contributed by atoms with E-state index in [4.69, 9.17) is 0 Å². The number of nitrogens with one attached hydrogen (secondary N) is 1. The van der Waals surface area contributed by atoms with Crippen molar-refractivity contribution < 1.29 is 4.79 Å². The number of hydrogen-bond donors (Lipinski definition) is 1. The minimum atomic E-state index is -0.0363. The number of rotatable bonds is 6. The van der Waals surface area contributed by atoms with Crippen LogP contribution in [-0.4, -0.2) is 54.6 Å². The molecule has 0 saturated carbocycles. The summed E-state index contributed by atoms with van der Waals surface area (Å²) in [5.41, 5.74) is 0. The van der Waals surface area contributed by atoms with Gasteiger partial charge in [0.15, 0.2) is 0 Å². The van der Waals surface area contributed by atoms with Crippen molar-refractivity contribution in [3.8, 4) is 0 Å². The molecule has 3 atom stereocenters. The predicted octanol–water partition coefficient (Wildman–Crippen LogP) is 2.01. The highest BCUT2D eigenvalue weighted by atomic mass is 16.2. The van der Waals surface area contributed by atoms with E-state index < -0.39 is 0 Å². The van der Waals surface area contributed by atoms with Gasteiger partial charge < -0.3 is 9.80 Å². The SMILES string of the molecule is CC(C)C1NC(C(C)C)N(C(CN(C)C)C(C)C)C1=O. The lowest BCUT2D eigenvalue weighted by molar-refractivity contribution is -0.135. The Morgan fingerprint density at radius 3 is 2.00 bits per heavy atom. The molecular formula is C16H33N3O. The number of amides is 1. The van der Waals surface area contributed by atoms with Gasteiger partial charge in [-0.25, -0.2) is 0 Å². The number of likely N-dealkylation sites (N-methyl/N-ethyl adjacent to an activating group) is 1. The summed E-state index contributed by atoms with van der Waals surface area (Å²) in [6.07, 6.45) is 0.155. The van der Waals surface area contributed by atoms with Gasteiger partial charge in [0.05, 0.1) is 12.2 Å². The fraction of sp³-hybridized carbons (Fsp3) is 0.938. The summed E-state index contributed by atoms with van der Waals surface area (Å²) in [7, 11) is 4.15. The molecule has 0 spiro atoms. The molecule has 4 heteroatoms. The van der Waals surface area contributed by atoms with E-state index in [1.165, 1.54) is 0 Å². The summed E-state index contributed by atoms with van der Waals surface area (Å²) in [4.78, 5) is 17.1. The third-order valence-corrected chi connectivity index (χ3v) is 4.15. The second-order valence-corrected chi connectivity index (χ2v) is 7.40. The number of hydrogen-bond acceptors (Lipinski definition) is 3. The maximum Gasteiger partial charge on any atom is 0.241 e. The Bertz CT molecular complexity index is 326. The highest BCUT2D eigenvalue weighted by molar-refractivity contribution is 5.85. The van der Waals surface area contributed by atoms with Crippen LogP contribution in [0.5, 0.6) is 0 Å². The summed E-state index contributed by atoms with van der Waals surface area (Å²) in [5, 5.41) is 3.56. The fourth-order valence-electron chi connectivity index (χ4n) is 2.99. The lowest BCUT2D eigenvalue weighted by atomic mass is 9.98. The maximum atomic E-state index is 12.8. The molecule has 1 rings (SSSR count). The van der Waals surface area contributed by atoms with Gasteiger partial charge in [0.2, 0.25) is 5.91 Å². The lowest BCUT2D eigenvalue weighted by Crippen LogP contribution is -2.53. The van der Waals surface area contributed by atoms with Crippen molar-refractivity contribution in [3.63, 3.8) is 0 Å². The quantitative estimate of drug-likeness (QED) is 0.810. The molecule has 0 radical (unpaired) electrons. The molecule has 1 heterocycles. The maximum absolute atomic E-state index is 12.8. The Kier molecular flexibility index (Phi) is 6.02. The molecule has 1 saturated heterocycles. The Morgan fingerprint density at radius 2 is 1.65 bits per heavy atom. The zero-order valence-electron chi connectivity index (χ0n) is 14.5. The van der Waals surface area contributed by atoms with Gasteiger partial charge in [-0.2, -0.15) is 0 Å². The molecule has 1 amide bonds. The van der Waals surface area contributed by atoms with E-state index in [9.17, 15) is 4.79 Å². The zero-order valence-corrected chi connectivity index (χ0v) is 14.5. The van der Waals surface area contributed by atoms with Crippen LogP contribution in [-0.2, 0) is 4.79 Å². The van der Waals surface area contributed by atoms with Gasteiger partial charge in [0.25, 0.3) is 0 Å². The highest BCUT2D eigenvalue weighted by Gasteiger charge is 2.45. The topological polar surface area (TPSA) is 35.6 Å². The molecule has 0 aromatic heterocycles. The standard InChI is InChI=1S/C16H33N3O/c1-10(2)13(9-18(7)8)19-15(12(5)6)17-14(11(3)4)16(19)20/h10-15,17H,9H2,1-8H3. The molecule has 3 unspecified atom stereocenters. The normalized spacial score (nSPS) is 25.6. The van der Waals surface area contributed by atoms with E-state index in [2.05, 4.69) is 70.8 Å². The molecular weight excluding hydrogens is 250 g/mol. The second-order valence-electron chi connectivity index (χ2n) is 7.40. The summed E-state index contributed by atoms with van der Waals surface area (Å²) >= 11 is 0. The highest BCUT2D eigenvalue weighted by Crippen LogP contribution is 2.27. The molecule has 4 nitrogen and oxygen atoms in total. The summed E-state index contributed by atoms with van der Waals surface area (Å²) in [6, 6.07) is 0.229. The van der Waals surface area contributed by atoms with Crippen LogP contribution in [0.3, 0.4) is 0 Å². The van der Waals surface area contributed by atoms with Crippen molar-refractivity contribution in [2.75, 3.05) is 20.6 Å². The summed E-state index contributed by atoms with van der Waals surface area (Å²) in [5.74, 6) is 1.49. The van der Waals surface area contributed by atoms with Crippen molar-refractivity contribution >= 4 is 5.91 Å². The van der Waals surface area contributed by atoms with Gasteiger partial charge >= 0.3 is 0 Å². The van der Waals surface area contributed by atoms with Gasteiger partial charge in [0.1, 0.15) is 0 Å². The van der Waals surface area contributed by atoms with Gasteiger partial charge in [-0.15, -0.1) is 0 Å². The van der Waals surface area contributed by atoms with Crippen LogP contribution in [0.4, 0.5) is 0 Å². The van der Waals surface area contributed by atoms with E-state index in [0.717, 1.165) is 6.54 Å². The molecule has 0 aliphatic carbocycles. The molecule has 1 fully saturated rings. The third-order valence-electron chi connectivity index (χ3n) is 4.15. The molecule has 1 N–H and O–H groups in total. The molecule has 1 aliphatic heterocycles. The first-order valence-corrected chi connectivity index (χ1v) is 7.89. The number of carbonyl (C=O) groups excluding carboxylic acids is 1. The molecule has 20 heavy (non-hydrogen) atoms. The van der Waals surface area contributed by atoms with Crippen molar-refractivity contribution in [2.45, 2.75) is 59.8 Å². The van der Waals surface area contributed by atoms with Gasteiger partial charge in [-0.1, -0.05) is 41.5 Å². The monoisotopic (exact) mass is 283 g/mol. The predicted molar refractivity (Wildman–Crippen MR) is 84.4 cm³/mol. The minimum Gasteiger partial charge on any atom is -0.321 e. The van der Waals surface area contributed by atoms with E-state index in [1.807, 2.05) is 0 Å². The van der Waals surface area contributed by atoms with E-state index >= 15 is 0 Å². The van der Waals surface area contributed by atoms with E-state index in [-0.39, 0.29) is 24.2 Å². The van der Waals surface area contributed by atoms with Crippen LogP contribution >= 0.6 is 0 Å². The summed E-state index contributed by atoms with van der Waals surface area (Å²) < 4.78 is 0. The first kappa shape index (κ1) is 17.4. The lowest BCUT2D eigenvalue weighted by Gasteiger charge is -2.38. The first-order valence-electron chi connectivity index (χ1n) is 7.89. The van der Waals surface area contributed by atoms with Crippen LogP contribution in [0.2, 0.25) is 0 Å². The Morgan fingerprint density at radius 1 is 1.10 bits per heavy atom. The number of carbonyl (C=O) groups is 1. The minimum absolute atomic E-state index is 0.0363. The smallest absolute Gasteiger partial charge is 0.241 e. The van der Waals surface area contributed by atoms with Crippen LogP contribution in [0, 0.1) is 17.8 Å². The van der Waals surface area contributed by atoms with Crippen molar-refractivity contribution in [3.05, 3.63) is 0 Å². The van der Waals surface area contributed by atoms with Crippen molar-refractivity contribution in [1.82, 2.24) is 15.1 Å². The molecule has 1 aliphatic rings. The second kappa shape index (κ2) is 6.90.